The summed E-state index contributed by atoms with van der Waals surface area (Å²) in [6, 6.07) is 0. The second-order valence-electron chi connectivity index (χ2n) is 5.21. The number of hydrogen-bond acceptors (Lipinski definition) is 2. The van der Waals surface area contributed by atoms with Crippen LogP contribution in [0, 0.1) is 23.7 Å². The lowest BCUT2D eigenvalue weighted by atomic mass is 9.64. The van der Waals surface area contributed by atoms with E-state index in [9.17, 15) is 4.79 Å². The average Bonchev–Trinajstić information content (AvgIpc) is 2.63. The standard InChI is InChI=1S/C12H17NO2/c14-12(15)7-13-5-10-8-1-2-9(4-3-8)11(10)6-13/h1-2,8-11H,3-7H2,(H,14,15)/t8?,9?,10-,11+. The van der Waals surface area contributed by atoms with E-state index in [1.807, 2.05) is 0 Å². The molecule has 1 saturated heterocycles. The van der Waals surface area contributed by atoms with Crippen molar-refractivity contribution < 1.29 is 9.90 Å². The molecule has 4 atom stereocenters. The maximum absolute atomic E-state index is 10.7. The van der Waals surface area contributed by atoms with E-state index >= 15 is 0 Å². The van der Waals surface area contributed by atoms with Crippen LogP contribution in [-0.2, 0) is 4.79 Å². The van der Waals surface area contributed by atoms with Gasteiger partial charge in [0, 0.05) is 13.1 Å². The van der Waals surface area contributed by atoms with Crippen LogP contribution in [0.1, 0.15) is 12.8 Å². The molecule has 2 bridgehead atoms. The molecule has 0 aromatic carbocycles. The second kappa shape index (κ2) is 3.34. The normalized spacial score (nSPS) is 43.2. The minimum atomic E-state index is -0.686. The summed E-state index contributed by atoms with van der Waals surface area (Å²) in [6.07, 6.45) is 7.39. The maximum Gasteiger partial charge on any atom is 0.317 e. The fourth-order valence-corrected chi connectivity index (χ4v) is 3.74. The molecule has 1 heterocycles. The molecule has 15 heavy (non-hydrogen) atoms. The molecule has 3 aliphatic carbocycles. The Kier molecular flexibility index (Phi) is 2.09. The number of hydrogen-bond donors (Lipinski definition) is 1. The summed E-state index contributed by atoms with van der Waals surface area (Å²) in [7, 11) is 0. The summed E-state index contributed by atoms with van der Waals surface area (Å²) in [6.45, 7) is 2.23. The first-order chi connectivity index (χ1) is 7.24. The van der Waals surface area contributed by atoms with Crippen molar-refractivity contribution >= 4 is 5.97 Å². The molecular formula is C12H17NO2. The van der Waals surface area contributed by atoms with Gasteiger partial charge in [0.05, 0.1) is 6.54 Å². The van der Waals surface area contributed by atoms with Gasteiger partial charge in [-0.15, -0.1) is 0 Å². The zero-order valence-corrected chi connectivity index (χ0v) is 8.80. The Morgan fingerprint density at radius 3 is 2.13 bits per heavy atom. The number of carboxylic acid groups (broad SMARTS) is 1. The molecule has 1 saturated carbocycles. The number of allylic oxidation sites excluding steroid dienone is 2. The number of fused-ring (bicyclic) bond motifs is 1. The Morgan fingerprint density at radius 1 is 1.20 bits per heavy atom. The average molecular weight is 207 g/mol. The van der Waals surface area contributed by atoms with E-state index in [0.717, 1.165) is 36.8 Å². The fourth-order valence-electron chi connectivity index (χ4n) is 3.74. The lowest BCUT2D eigenvalue weighted by molar-refractivity contribution is -0.138. The Bertz CT molecular complexity index is 291. The first-order valence-corrected chi connectivity index (χ1v) is 5.86. The predicted octanol–water partition coefficient (Wildman–Crippen LogP) is 1.22. The van der Waals surface area contributed by atoms with Gasteiger partial charge in [0.25, 0.3) is 0 Å². The van der Waals surface area contributed by atoms with Crippen LogP contribution in [0.25, 0.3) is 0 Å². The van der Waals surface area contributed by atoms with Gasteiger partial charge in [-0.05, 0) is 36.5 Å². The molecule has 1 N–H and O–H groups in total. The Labute approximate surface area is 89.8 Å². The van der Waals surface area contributed by atoms with Gasteiger partial charge < -0.3 is 5.11 Å². The number of aliphatic carboxylic acids is 1. The Hall–Kier alpha value is -0.830. The third kappa shape index (κ3) is 1.49. The lowest BCUT2D eigenvalue weighted by Gasteiger charge is -2.40. The highest BCUT2D eigenvalue weighted by atomic mass is 16.4. The summed E-state index contributed by atoms with van der Waals surface area (Å²) < 4.78 is 0. The molecule has 3 heteroatoms. The molecule has 0 aromatic rings. The van der Waals surface area contributed by atoms with Crippen LogP contribution in [0.4, 0.5) is 0 Å². The van der Waals surface area contributed by atoms with Gasteiger partial charge in [-0.1, -0.05) is 12.2 Å². The summed E-state index contributed by atoms with van der Waals surface area (Å²) in [4.78, 5) is 12.8. The predicted molar refractivity (Wildman–Crippen MR) is 56.4 cm³/mol. The molecule has 4 aliphatic rings. The van der Waals surface area contributed by atoms with E-state index in [1.165, 1.54) is 12.8 Å². The summed E-state index contributed by atoms with van der Waals surface area (Å²) in [5.74, 6) is 2.27. The van der Waals surface area contributed by atoms with Crippen molar-refractivity contribution in [1.82, 2.24) is 4.90 Å². The van der Waals surface area contributed by atoms with Gasteiger partial charge in [0.1, 0.15) is 0 Å². The SMILES string of the molecule is O=C(O)CN1C[C@@H]2C3C=CC(CC3)[C@@H]2C1. The Balaban J connectivity index is 1.73. The van der Waals surface area contributed by atoms with Gasteiger partial charge in [-0.25, -0.2) is 0 Å². The van der Waals surface area contributed by atoms with Crippen molar-refractivity contribution in [3.05, 3.63) is 12.2 Å². The minimum Gasteiger partial charge on any atom is -0.480 e. The van der Waals surface area contributed by atoms with Crippen LogP contribution in [0.3, 0.4) is 0 Å². The number of likely N-dealkylation sites (tertiary alicyclic amines) is 1. The summed E-state index contributed by atoms with van der Waals surface area (Å²) >= 11 is 0. The monoisotopic (exact) mass is 207 g/mol. The van der Waals surface area contributed by atoms with E-state index in [4.69, 9.17) is 5.11 Å². The first kappa shape index (κ1) is 9.40. The third-order valence-electron chi connectivity index (χ3n) is 4.39. The Morgan fingerprint density at radius 2 is 1.73 bits per heavy atom. The summed E-state index contributed by atoms with van der Waals surface area (Å²) in [5.41, 5.74) is 0. The first-order valence-electron chi connectivity index (χ1n) is 5.86. The number of carbonyl (C=O) groups is 1. The molecule has 0 aromatic heterocycles. The largest absolute Gasteiger partial charge is 0.480 e. The van der Waals surface area contributed by atoms with E-state index in [2.05, 4.69) is 17.1 Å². The van der Waals surface area contributed by atoms with E-state index in [1.54, 1.807) is 0 Å². The van der Waals surface area contributed by atoms with Crippen molar-refractivity contribution in [3.63, 3.8) is 0 Å². The molecule has 0 radical (unpaired) electrons. The molecule has 1 aliphatic heterocycles. The molecule has 2 fully saturated rings. The van der Waals surface area contributed by atoms with Crippen LogP contribution in [0.5, 0.6) is 0 Å². The second-order valence-corrected chi connectivity index (χ2v) is 5.21. The highest BCUT2D eigenvalue weighted by Crippen LogP contribution is 2.48. The van der Waals surface area contributed by atoms with Crippen LogP contribution in [-0.4, -0.2) is 35.6 Å². The highest BCUT2D eigenvalue weighted by Gasteiger charge is 2.45. The van der Waals surface area contributed by atoms with Gasteiger partial charge in [0.2, 0.25) is 0 Å². The maximum atomic E-state index is 10.7. The molecular weight excluding hydrogens is 190 g/mol. The molecule has 2 unspecified atom stereocenters. The summed E-state index contributed by atoms with van der Waals surface area (Å²) in [5, 5.41) is 8.80. The third-order valence-corrected chi connectivity index (χ3v) is 4.39. The number of carboxylic acids is 1. The van der Waals surface area contributed by atoms with E-state index in [0.29, 0.717) is 0 Å². The van der Waals surface area contributed by atoms with E-state index < -0.39 is 5.97 Å². The number of rotatable bonds is 2. The van der Waals surface area contributed by atoms with Gasteiger partial charge in [-0.3, -0.25) is 9.69 Å². The molecule has 0 spiro atoms. The zero-order chi connectivity index (χ0) is 10.4. The minimum absolute atomic E-state index is 0.229. The van der Waals surface area contributed by atoms with Crippen LogP contribution < -0.4 is 0 Å². The van der Waals surface area contributed by atoms with Crippen molar-refractivity contribution in [2.75, 3.05) is 19.6 Å². The van der Waals surface area contributed by atoms with E-state index in [-0.39, 0.29) is 6.54 Å². The lowest BCUT2D eigenvalue weighted by Crippen LogP contribution is -2.35. The highest BCUT2D eigenvalue weighted by molar-refractivity contribution is 5.69. The van der Waals surface area contributed by atoms with Crippen molar-refractivity contribution in [3.8, 4) is 0 Å². The van der Waals surface area contributed by atoms with Gasteiger partial charge in [-0.2, -0.15) is 0 Å². The zero-order valence-electron chi connectivity index (χ0n) is 8.80. The molecule has 0 amide bonds. The topological polar surface area (TPSA) is 40.5 Å². The molecule has 4 rings (SSSR count). The van der Waals surface area contributed by atoms with Crippen LogP contribution in [0.2, 0.25) is 0 Å². The molecule has 3 nitrogen and oxygen atoms in total. The van der Waals surface area contributed by atoms with Crippen LogP contribution >= 0.6 is 0 Å². The van der Waals surface area contributed by atoms with Gasteiger partial charge in [0.15, 0.2) is 0 Å². The molecule has 82 valence electrons. The van der Waals surface area contributed by atoms with Crippen molar-refractivity contribution in [2.24, 2.45) is 23.7 Å². The fraction of sp³-hybridized carbons (Fsp3) is 0.750. The van der Waals surface area contributed by atoms with Crippen LogP contribution in [0.15, 0.2) is 12.2 Å². The smallest absolute Gasteiger partial charge is 0.317 e. The van der Waals surface area contributed by atoms with Crippen molar-refractivity contribution in [2.45, 2.75) is 12.8 Å². The number of nitrogens with zero attached hydrogens (tertiary/aromatic N) is 1. The quantitative estimate of drug-likeness (QED) is 0.692. The van der Waals surface area contributed by atoms with Crippen molar-refractivity contribution in [1.29, 1.82) is 0 Å². The van der Waals surface area contributed by atoms with Gasteiger partial charge >= 0.3 is 5.97 Å².